The van der Waals surface area contributed by atoms with Gasteiger partial charge >= 0.3 is 24.1 Å². The second-order valence-corrected chi connectivity index (χ2v) is 11.0. The minimum Gasteiger partial charge on any atom is -0.480 e. The van der Waals surface area contributed by atoms with Gasteiger partial charge in [0, 0.05) is 13.1 Å². The molecule has 174 valence electrons. The van der Waals surface area contributed by atoms with Crippen LogP contribution in [-0.2, 0) is 19.1 Å². The number of hydrogen-bond acceptors (Lipinski definition) is 8. The van der Waals surface area contributed by atoms with Crippen LogP contribution in [0.5, 0.6) is 0 Å². The molecule has 12 heteroatoms. The van der Waals surface area contributed by atoms with Crippen molar-refractivity contribution < 1.29 is 38.9 Å². The highest BCUT2D eigenvalue weighted by Crippen LogP contribution is 2.34. The first kappa shape index (κ1) is 28.2. The fraction of sp³-hybridized carbons (Fsp3) is 0.778. The molecule has 2 amide bonds. The first-order valence-electron chi connectivity index (χ1n) is 9.32. The lowest BCUT2D eigenvalue weighted by atomic mass is 10.2. The fourth-order valence-corrected chi connectivity index (χ4v) is 4.54. The van der Waals surface area contributed by atoms with Gasteiger partial charge in [-0.1, -0.05) is 21.6 Å². The maximum atomic E-state index is 11.6. The topological polar surface area (TPSA) is 151 Å². The number of carbonyl (C=O) groups is 4. The Bertz CT molecular complexity index is 550. The lowest BCUT2D eigenvalue weighted by Gasteiger charge is -2.21. The normalized spacial score (nSPS) is 13.7. The second-order valence-electron chi connectivity index (χ2n) is 8.28. The molecular formula is C18H32N2O8S2. The zero-order chi connectivity index (χ0) is 23.5. The Hall–Kier alpha value is -1.82. The molecule has 0 saturated carbocycles. The minimum atomic E-state index is -1.12. The van der Waals surface area contributed by atoms with Crippen LogP contribution in [-0.4, -0.2) is 69.1 Å². The molecule has 0 spiro atoms. The van der Waals surface area contributed by atoms with E-state index in [1.165, 1.54) is 0 Å². The van der Waals surface area contributed by atoms with E-state index in [0.717, 1.165) is 21.6 Å². The Balaban J connectivity index is 4.47. The quantitative estimate of drug-likeness (QED) is 0.333. The number of ether oxygens (including phenoxy) is 2. The van der Waals surface area contributed by atoms with E-state index in [2.05, 4.69) is 10.6 Å². The summed E-state index contributed by atoms with van der Waals surface area (Å²) in [6.07, 6.45) is -1.12. The Morgan fingerprint density at radius 3 is 1.27 bits per heavy atom. The number of hydrogen-bond donors (Lipinski definition) is 4. The number of carbonyl (C=O) groups excluding carboxylic acids is 2. The number of carboxylic acids is 2. The number of nitrogens with one attached hydrogen (secondary N) is 2. The van der Waals surface area contributed by atoms with Crippen LogP contribution in [0.25, 0.3) is 0 Å². The van der Waals surface area contributed by atoms with E-state index in [4.69, 9.17) is 9.47 Å². The molecule has 2 unspecified atom stereocenters. The van der Waals surface area contributed by atoms with E-state index < -0.39 is 45.8 Å². The molecule has 0 aromatic heterocycles. The lowest BCUT2D eigenvalue weighted by molar-refractivity contribution is -0.137. The van der Waals surface area contributed by atoms with Gasteiger partial charge in [-0.05, 0) is 54.4 Å². The maximum absolute atomic E-state index is 11.6. The van der Waals surface area contributed by atoms with Gasteiger partial charge < -0.3 is 30.3 Å². The first-order chi connectivity index (χ1) is 13.6. The third kappa shape index (κ3) is 15.1. The molecule has 0 fully saturated rings. The highest BCUT2D eigenvalue weighted by atomic mass is 33.1. The molecule has 0 aliphatic rings. The molecule has 30 heavy (non-hydrogen) atoms. The SMILES string of the molecule is CC(C)(C)OC(=O)NCCC(SSC(CCNC(=O)OC(C)(C)C)C(=O)O)C(=O)O. The molecule has 0 heterocycles. The molecule has 0 aromatic carbocycles. The van der Waals surface area contributed by atoms with Crippen molar-refractivity contribution in [2.45, 2.75) is 76.1 Å². The lowest BCUT2D eigenvalue weighted by Crippen LogP contribution is -2.35. The average molecular weight is 469 g/mol. The van der Waals surface area contributed by atoms with Crippen LogP contribution in [0.1, 0.15) is 54.4 Å². The second kappa shape index (κ2) is 12.8. The maximum Gasteiger partial charge on any atom is 0.407 e. The summed E-state index contributed by atoms with van der Waals surface area (Å²) >= 11 is 0. The van der Waals surface area contributed by atoms with Gasteiger partial charge in [0.2, 0.25) is 0 Å². The molecule has 4 N–H and O–H groups in total. The third-order valence-electron chi connectivity index (χ3n) is 2.99. The van der Waals surface area contributed by atoms with E-state index in [1.807, 2.05) is 0 Å². The van der Waals surface area contributed by atoms with Crippen molar-refractivity contribution >= 4 is 45.7 Å². The van der Waals surface area contributed by atoms with Crippen molar-refractivity contribution in [2.75, 3.05) is 13.1 Å². The van der Waals surface area contributed by atoms with Crippen LogP contribution in [0.4, 0.5) is 9.59 Å². The largest absolute Gasteiger partial charge is 0.480 e. The summed E-state index contributed by atoms with van der Waals surface area (Å²) in [5, 5.41) is 21.8. The monoisotopic (exact) mass is 468 g/mol. The van der Waals surface area contributed by atoms with Crippen LogP contribution in [0, 0.1) is 0 Å². The summed E-state index contributed by atoms with van der Waals surface area (Å²) in [6, 6.07) is 0. The first-order valence-corrected chi connectivity index (χ1v) is 11.6. The molecule has 0 aromatic rings. The Morgan fingerprint density at radius 1 is 0.733 bits per heavy atom. The molecule has 0 bridgehead atoms. The molecule has 0 rings (SSSR count). The number of alkyl carbamates (subject to hydrolysis) is 2. The van der Waals surface area contributed by atoms with Gasteiger partial charge in [0.1, 0.15) is 21.7 Å². The summed E-state index contributed by atoms with van der Waals surface area (Å²) in [7, 11) is 1.80. The summed E-state index contributed by atoms with van der Waals surface area (Å²) in [5.74, 6) is -2.23. The van der Waals surface area contributed by atoms with E-state index in [9.17, 15) is 29.4 Å². The van der Waals surface area contributed by atoms with E-state index >= 15 is 0 Å². The Morgan fingerprint density at radius 2 is 1.03 bits per heavy atom. The minimum absolute atomic E-state index is 0.0668. The van der Waals surface area contributed by atoms with Crippen molar-refractivity contribution in [3.8, 4) is 0 Å². The van der Waals surface area contributed by atoms with Crippen LogP contribution in [0.3, 0.4) is 0 Å². The van der Waals surface area contributed by atoms with Crippen molar-refractivity contribution in [2.24, 2.45) is 0 Å². The third-order valence-corrected chi connectivity index (χ3v) is 6.17. The Kier molecular flexibility index (Phi) is 12.0. The van der Waals surface area contributed by atoms with Gasteiger partial charge in [-0.25, -0.2) is 9.59 Å². The van der Waals surface area contributed by atoms with Crippen molar-refractivity contribution in [3.63, 3.8) is 0 Å². The predicted octanol–water partition coefficient (Wildman–Crippen LogP) is 3.10. The smallest absolute Gasteiger partial charge is 0.407 e. The van der Waals surface area contributed by atoms with Crippen molar-refractivity contribution in [1.29, 1.82) is 0 Å². The summed E-state index contributed by atoms with van der Waals surface area (Å²) < 4.78 is 10.1. The zero-order valence-corrected chi connectivity index (χ0v) is 19.8. The van der Waals surface area contributed by atoms with Gasteiger partial charge in [-0.2, -0.15) is 0 Å². The summed E-state index contributed by atoms with van der Waals surface area (Å²) in [5.41, 5.74) is -1.33. The molecule has 0 aliphatic carbocycles. The van der Waals surface area contributed by atoms with Crippen LogP contribution < -0.4 is 10.6 Å². The van der Waals surface area contributed by atoms with Gasteiger partial charge in [0.05, 0.1) is 0 Å². The molecular weight excluding hydrogens is 436 g/mol. The summed E-state index contributed by atoms with van der Waals surface area (Å²) in [4.78, 5) is 46.1. The number of aliphatic carboxylic acids is 2. The molecule has 0 aliphatic heterocycles. The van der Waals surface area contributed by atoms with Crippen molar-refractivity contribution in [1.82, 2.24) is 10.6 Å². The molecule has 10 nitrogen and oxygen atoms in total. The zero-order valence-electron chi connectivity index (χ0n) is 18.1. The van der Waals surface area contributed by atoms with Crippen molar-refractivity contribution in [3.05, 3.63) is 0 Å². The van der Waals surface area contributed by atoms with Gasteiger partial charge in [-0.15, -0.1) is 0 Å². The van der Waals surface area contributed by atoms with Gasteiger partial charge in [0.15, 0.2) is 0 Å². The molecule has 2 atom stereocenters. The fourth-order valence-electron chi connectivity index (χ4n) is 1.80. The van der Waals surface area contributed by atoms with Crippen LogP contribution >= 0.6 is 21.6 Å². The predicted molar refractivity (Wildman–Crippen MR) is 116 cm³/mol. The van der Waals surface area contributed by atoms with Gasteiger partial charge in [-0.3, -0.25) is 9.59 Å². The van der Waals surface area contributed by atoms with E-state index in [1.54, 1.807) is 41.5 Å². The highest BCUT2D eigenvalue weighted by molar-refractivity contribution is 8.77. The number of carboxylic acid groups (broad SMARTS) is 2. The van der Waals surface area contributed by atoms with E-state index in [0.29, 0.717) is 0 Å². The molecule has 0 radical (unpaired) electrons. The average Bonchev–Trinajstić information content (AvgIpc) is 2.51. The summed E-state index contributed by atoms with van der Waals surface area (Å²) in [6.45, 7) is 10.4. The molecule has 0 saturated heterocycles. The number of rotatable bonds is 11. The Labute approximate surface area is 184 Å². The van der Waals surface area contributed by atoms with Gasteiger partial charge in [0.25, 0.3) is 0 Å². The van der Waals surface area contributed by atoms with E-state index in [-0.39, 0.29) is 25.9 Å². The number of amides is 2. The highest BCUT2D eigenvalue weighted by Gasteiger charge is 2.25. The van der Waals surface area contributed by atoms with Crippen LogP contribution in [0.15, 0.2) is 0 Å². The van der Waals surface area contributed by atoms with Crippen LogP contribution in [0.2, 0.25) is 0 Å². The standard InChI is InChI=1S/C18H32N2O8S2/c1-17(2,3)27-15(25)19-9-7-11(13(21)22)29-30-12(14(23)24)8-10-20-16(26)28-18(4,5)6/h11-12H,7-10H2,1-6H3,(H,19,25)(H,20,26)(H,21,22)(H,23,24).